The van der Waals surface area contributed by atoms with Crippen molar-refractivity contribution in [3.8, 4) is 12.3 Å². The molecule has 0 radical (unpaired) electrons. The third-order valence-electron chi connectivity index (χ3n) is 1.73. The lowest BCUT2D eigenvalue weighted by molar-refractivity contribution is 0.152. The van der Waals surface area contributed by atoms with E-state index in [2.05, 4.69) is 21.2 Å². The molecule has 0 spiro atoms. The quantitative estimate of drug-likeness (QED) is 0.270. The summed E-state index contributed by atoms with van der Waals surface area (Å²) in [5.41, 5.74) is 0.659. The molecule has 0 fully saturated rings. The largest absolute Gasteiger partial charge is 0.433 e. The fraction of sp³-hybridized carbons (Fsp3) is 0.636. The van der Waals surface area contributed by atoms with Crippen LogP contribution in [0.3, 0.4) is 0 Å². The third-order valence-corrected chi connectivity index (χ3v) is 2.58. The molecule has 0 saturated heterocycles. The van der Waals surface area contributed by atoms with Crippen LogP contribution in [0.5, 0.6) is 0 Å². The fourth-order valence-electron chi connectivity index (χ4n) is 0.729. The van der Waals surface area contributed by atoms with Crippen LogP contribution in [-0.4, -0.2) is 30.4 Å². The van der Waals surface area contributed by atoms with Gasteiger partial charge in [0.15, 0.2) is 0 Å². The molecule has 0 aromatic rings. The van der Waals surface area contributed by atoms with Crippen LogP contribution in [0.15, 0.2) is 5.16 Å². The molecule has 90 valence electrons. The molecule has 0 aliphatic rings. The number of amides is 1. The molecule has 0 saturated carbocycles. The standard InChI is InChI=1S/C11H18N2O2S/c1-6-7-16-8-9(11(2,3)4)13-15-10(14)12-5/h1H,7-8H2,2-5H3,(H,12,14). The monoisotopic (exact) mass is 242 g/mol. The highest BCUT2D eigenvalue weighted by atomic mass is 32.2. The molecule has 4 nitrogen and oxygen atoms in total. The highest BCUT2D eigenvalue weighted by molar-refractivity contribution is 8.00. The summed E-state index contributed by atoms with van der Waals surface area (Å²) >= 11 is 1.57. The maximum Gasteiger partial charge on any atom is 0.433 e. The van der Waals surface area contributed by atoms with Gasteiger partial charge in [-0.15, -0.1) is 18.2 Å². The highest BCUT2D eigenvalue weighted by Gasteiger charge is 2.20. The summed E-state index contributed by atoms with van der Waals surface area (Å²) in [4.78, 5) is 15.6. The average Bonchev–Trinajstić information content (AvgIpc) is 2.20. The molecule has 0 atom stereocenters. The smallest absolute Gasteiger partial charge is 0.323 e. The molecule has 1 amide bonds. The second-order valence-electron chi connectivity index (χ2n) is 4.11. The zero-order valence-electron chi connectivity index (χ0n) is 10.2. The molecule has 16 heavy (non-hydrogen) atoms. The van der Waals surface area contributed by atoms with Gasteiger partial charge in [-0.05, 0) is 0 Å². The van der Waals surface area contributed by atoms with Crippen LogP contribution in [-0.2, 0) is 4.84 Å². The van der Waals surface area contributed by atoms with E-state index in [0.29, 0.717) is 11.5 Å². The number of hydrogen-bond donors (Lipinski definition) is 1. The predicted octanol–water partition coefficient (Wildman–Crippen LogP) is 2.11. The predicted molar refractivity (Wildman–Crippen MR) is 68.6 cm³/mol. The van der Waals surface area contributed by atoms with Gasteiger partial charge in [-0.1, -0.05) is 31.8 Å². The number of terminal acetylenes is 1. The normalized spacial score (nSPS) is 11.8. The van der Waals surface area contributed by atoms with E-state index in [0.717, 1.165) is 5.71 Å². The number of nitrogens with zero attached hydrogens (tertiary/aromatic N) is 1. The zero-order valence-corrected chi connectivity index (χ0v) is 11.0. The van der Waals surface area contributed by atoms with Crippen LogP contribution in [0.1, 0.15) is 20.8 Å². The highest BCUT2D eigenvalue weighted by Crippen LogP contribution is 2.19. The first kappa shape index (κ1) is 14.8. The van der Waals surface area contributed by atoms with E-state index in [1.165, 1.54) is 7.05 Å². The number of hydrogen-bond acceptors (Lipinski definition) is 4. The van der Waals surface area contributed by atoms with Crippen molar-refractivity contribution in [3.05, 3.63) is 0 Å². The van der Waals surface area contributed by atoms with Crippen LogP contribution in [0, 0.1) is 17.8 Å². The molecule has 5 heteroatoms. The fourth-order valence-corrected chi connectivity index (χ4v) is 1.63. The van der Waals surface area contributed by atoms with Gasteiger partial charge in [-0.2, -0.15) is 0 Å². The first-order valence-corrected chi connectivity index (χ1v) is 6.04. The van der Waals surface area contributed by atoms with Crippen molar-refractivity contribution in [2.24, 2.45) is 10.6 Å². The Hall–Kier alpha value is -1.15. The Morgan fingerprint density at radius 2 is 2.19 bits per heavy atom. The lowest BCUT2D eigenvalue weighted by Gasteiger charge is -2.19. The third kappa shape index (κ3) is 6.36. The number of rotatable bonds is 4. The van der Waals surface area contributed by atoms with E-state index in [9.17, 15) is 4.79 Å². The van der Waals surface area contributed by atoms with E-state index in [1.54, 1.807) is 11.8 Å². The molecule has 0 aliphatic carbocycles. The van der Waals surface area contributed by atoms with Crippen LogP contribution < -0.4 is 5.32 Å². The van der Waals surface area contributed by atoms with E-state index in [4.69, 9.17) is 6.42 Å². The maximum absolute atomic E-state index is 10.9. The first-order chi connectivity index (χ1) is 7.41. The Labute approximate surface area is 101 Å². The summed E-state index contributed by atoms with van der Waals surface area (Å²) < 4.78 is 0. The molecular formula is C11H18N2O2S. The first-order valence-electron chi connectivity index (χ1n) is 4.89. The topological polar surface area (TPSA) is 50.7 Å². The summed E-state index contributed by atoms with van der Waals surface area (Å²) in [7, 11) is 1.49. The molecule has 0 rings (SSSR count). The zero-order chi connectivity index (χ0) is 12.6. The lowest BCUT2D eigenvalue weighted by Crippen LogP contribution is -2.25. The molecule has 0 aliphatic heterocycles. The van der Waals surface area contributed by atoms with E-state index in [-0.39, 0.29) is 5.41 Å². The summed E-state index contributed by atoms with van der Waals surface area (Å²) in [6.07, 6.45) is 4.60. The summed E-state index contributed by atoms with van der Waals surface area (Å²) in [5.74, 6) is 3.82. The van der Waals surface area contributed by atoms with Crippen molar-refractivity contribution in [2.45, 2.75) is 20.8 Å². The molecule has 1 N–H and O–H groups in total. The maximum atomic E-state index is 10.9. The van der Waals surface area contributed by atoms with Crippen LogP contribution in [0.2, 0.25) is 0 Å². The van der Waals surface area contributed by atoms with Crippen molar-refractivity contribution in [1.29, 1.82) is 0 Å². The van der Waals surface area contributed by atoms with Crippen molar-refractivity contribution in [2.75, 3.05) is 18.6 Å². The van der Waals surface area contributed by atoms with Gasteiger partial charge in [0.1, 0.15) is 0 Å². The Morgan fingerprint density at radius 3 is 2.62 bits per heavy atom. The SMILES string of the molecule is C#CCSCC(=NOC(=O)NC)C(C)(C)C. The molecule has 0 bridgehead atoms. The van der Waals surface area contributed by atoms with Gasteiger partial charge in [0.25, 0.3) is 0 Å². The molecule has 0 aromatic heterocycles. The number of nitrogens with one attached hydrogen (secondary N) is 1. The lowest BCUT2D eigenvalue weighted by atomic mass is 9.91. The van der Waals surface area contributed by atoms with Crippen molar-refractivity contribution in [3.63, 3.8) is 0 Å². The second kappa shape index (κ2) is 7.18. The van der Waals surface area contributed by atoms with Gasteiger partial charge < -0.3 is 5.32 Å². The molecule has 0 aromatic carbocycles. The molecule has 0 unspecified atom stereocenters. The van der Waals surface area contributed by atoms with Crippen LogP contribution >= 0.6 is 11.8 Å². The molecular weight excluding hydrogens is 224 g/mol. The van der Waals surface area contributed by atoms with Crippen LogP contribution in [0.25, 0.3) is 0 Å². The number of thioether (sulfide) groups is 1. The Kier molecular flexibility index (Phi) is 6.66. The van der Waals surface area contributed by atoms with Gasteiger partial charge in [0.2, 0.25) is 0 Å². The van der Waals surface area contributed by atoms with E-state index in [1.807, 2.05) is 20.8 Å². The minimum Gasteiger partial charge on any atom is -0.323 e. The van der Waals surface area contributed by atoms with E-state index < -0.39 is 6.09 Å². The Morgan fingerprint density at radius 1 is 1.56 bits per heavy atom. The average molecular weight is 242 g/mol. The summed E-state index contributed by atoms with van der Waals surface area (Å²) in [5, 5.41) is 6.18. The summed E-state index contributed by atoms with van der Waals surface area (Å²) in [6, 6.07) is 0. The number of carbonyl (C=O) groups excluding carboxylic acids is 1. The van der Waals surface area contributed by atoms with E-state index >= 15 is 0 Å². The summed E-state index contributed by atoms with van der Waals surface area (Å²) in [6.45, 7) is 6.03. The second-order valence-corrected chi connectivity index (χ2v) is 5.10. The minimum absolute atomic E-state index is 0.143. The molecule has 0 heterocycles. The van der Waals surface area contributed by atoms with Crippen molar-refractivity contribution >= 4 is 23.6 Å². The van der Waals surface area contributed by atoms with Crippen molar-refractivity contribution < 1.29 is 9.63 Å². The number of oxime groups is 1. The van der Waals surface area contributed by atoms with Gasteiger partial charge in [0.05, 0.1) is 11.5 Å². The number of carbonyl (C=O) groups is 1. The van der Waals surface area contributed by atoms with Gasteiger partial charge >= 0.3 is 6.09 Å². The Balaban J connectivity index is 4.44. The van der Waals surface area contributed by atoms with Gasteiger partial charge in [-0.3, -0.25) is 4.84 Å². The Bertz CT molecular complexity index is 300. The van der Waals surface area contributed by atoms with Gasteiger partial charge in [-0.25, -0.2) is 4.79 Å². The van der Waals surface area contributed by atoms with Crippen LogP contribution in [0.4, 0.5) is 4.79 Å². The minimum atomic E-state index is -0.566. The van der Waals surface area contributed by atoms with Gasteiger partial charge in [0, 0.05) is 18.2 Å². The van der Waals surface area contributed by atoms with Crippen molar-refractivity contribution in [1.82, 2.24) is 5.32 Å².